The van der Waals surface area contributed by atoms with Crippen molar-refractivity contribution in [3.05, 3.63) is 23.9 Å². The van der Waals surface area contributed by atoms with Crippen LogP contribution in [0, 0.1) is 5.92 Å². The summed E-state index contributed by atoms with van der Waals surface area (Å²) in [5.41, 5.74) is 3.07. The zero-order valence-electron chi connectivity index (χ0n) is 10.9. The lowest BCUT2D eigenvalue weighted by Gasteiger charge is -2.26. The van der Waals surface area contributed by atoms with Gasteiger partial charge in [0.1, 0.15) is 5.82 Å². The van der Waals surface area contributed by atoms with Crippen LogP contribution in [0.15, 0.2) is 18.3 Å². The molecule has 2 rings (SSSR count). The van der Waals surface area contributed by atoms with Crippen LogP contribution in [0.25, 0.3) is 0 Å². The second-order valence-electron chi connectivity index (χ2n) is 5.07. The summed E-state index contributed by atoms with van der Waals surface area (Å²) in [5, 5.41) is 0. The van der Waals surface area contributed by atoms with E-state index in [1.54, 1.807) is 18.3 Å². The number of nitrogen functional groups attached to an aromatic ring is 1. The Labute approximate surface area is 107 Å². The Morgan fingerprint density at radius 1 is 1.56 bits per heavy atom. The number of carbonyl (C=O) groups excluding carboxylic acids is 1. The van der Waals surface area contributed by atoms with Crippen molar-refractivity contribution in [1.29, 1.82) is 0 Å². The van der Waals surface area contributed by atoms with Crippen LogP contribution in [0.2, 0.25) is 0 Å². The molecule has 0 aliphatic heterocycles. The molecule has 0 radical (unpaired) electrons. The molecule has 0 aromatic carbocycles. The average molecular weight is 248 g/mol. The fourth-order valence-corrected chi connectivity index (χ4v) is 1.88. The summed E-state index contributed by atoms with van der Waals surface area (Å²) in [5.74, 6) is 6.55. The van der Waals surface area contributed by atoms with Gasteiger partial charge < -0.3 is 10.3 Å². The van der Waals surface area contributed by atoms with E-state index >= 15 is 0 Å². The fourth-order valence-electron chi connectivity index (χ4n) is 1.88. The van der Waals surface area contributed by atoms with Gasteiger partial charge in [-0.15, -0.1) is 0 Å². The monoisotopic (exact) mass is 248 g/mol. The molecule has 1 amide bonds. The van der Waals surface area contributed by atoms with Crippen molar-refractivity contribution in [2.75, 3.05) is 12.0 Å². The van der Waals surface area contributed by atoms with Gasteiger partial charge in [-0.05, 0) is 44.7 Å². The van der Waals surface area contributed by atoms with Gasteiger partial charge in [0.25, 0.3) is 5.91 Å². The van der Waals surface area contributed by atoms with Crippen molar-refractivity contribution in [1.82, 2.24) is 9.88 Å². The van der Waals surface area contributed by atoms with Crippen LogP contribution < -0.4 is 11.3 Å². The van der Waals surface area contributed by atoms with Gasteiger partial charge in [0.15, 0.2) is 0 Å². The summed E-state index contributed by atoms with van der Waals surface area (Å²) in [6, 6.07) is 3.68. The molecule has 1 aromatic rings. The Morgan fingerprint density at radius 3 is 2.72 bits per heavy atom. The zero-order valence-corrected chi connectivity index (χ0v) is 10.9. The topological polar surface area (TPSA) is 71.2 Å². The zero-order chi connectivity index (χ0) is 13.1. The summed E-state index contributed by atoms with van der Waals surface area (Å²) >= 11 is 0. The minimum atomic E-state index is 0.0490. The number of nitrogens with zero attached hydrogens (tertiary/aromatic N) is 2. The Morgan fingerprint density at radius 2 is 2.28 bits per heavy atom. The molecule has 18 heavy (non-hydrogen) atoms. The molecule has 1 heterocycles. The lowest BCUT2D eigenvalue weighted by molar-refractivity contribution is 0.0696. The second kappa shape index (κ2) is 5.35. The molecule has 0 unspecified atom stereocenters. The molecule has 5 nitrogen and oxygen atoms in total. The Kier molecular flexibility index (Phi) is 3.81. The lowest BCUT2D eigenvalue weighted by Crippen LogP contribution is -2.38. The minimum absolute atomic E-state index is 0.0490. The molecule has 1 aromatic heterocycles. The summed E-state index contributed by atoms with van der Waals surface area (Å²) in [6.07, 6.45) is 4.05. The van der Waals surface area contributed by atoms with Crippen LogP contribution >= 0.6 is 0 Å². The SMILES string of the molecule is CC(C)N(CC1CC1)C(=O)c1ccc(NN)nc1. The smallest absolute Gasteiger partial charge is 0.255 e. The van der Waals surface area contributed by atoms with Crippen LogP contribution in [0.1, 0.15) is 37.0 Å². The third-order valence-electron chi connectivity index (χ3n) is 3.19. The normalized spacial score (nSPS) is 14.7. The first kappa shape index (κ1) is 12.8. The number of hydrogen-bond acceptors (Lipinski definition) is 4. The highest BCUT2D eigenvalue weighted by Gasteiger charge is 2.28. The van der Waals surface area contributed by atoms with Crippen LogP contribution in [-0.4, -0.2) is 28.4 Å². The highest BCUT2D eigenvalue weighted by molar-refractivity contribution is 5.94. The first-order chi connectivity index (χ1) is 8.61. The highest BCUT2D eigenvalue weighted by atomic mass is 16.2. The summed E-state index contributed by atoms with van der Waals surface area (Å²) in [7, 11) is 0. The number of nitrogens with one attached hydrogen (secondary N) is 1. The number of rotatable bonds is 5. The van der Waals surface area contributed by atoms with Crippen molar-refractivity contribution < 1.29 is 4.79 Å². The maximum absolute atomic E-state index is 12.4. The van der Waals surface area contributed by atoms with Crippen LogP contribution in [0.3, 0.4) is 0 Å². The Balaban J connectivity index is 2.10. The van der Waals surface area contributed by atoms with Crippen LogP contribution in [0.5, 0.6) is 0 Å². The number of aromatic nitrogens is 1. The predicted octanol–water partition coefficient (Wildman–Crippen LogP) is 1.63. The largest absolute Gasteiger partial charge is 0.336 e. The first-order valence-corrected chi connectivity index (χ1v) is 6.35. The molecule has 1 aliphatic carbocycles. The Hall–Kier alpha value is -1.62. The van der Waals surface area contributed by atoms with Gasteiger partial charge in [-0.2, -0.15) is 0 Å². The molecule has 1 fully saturated rings. The molecule has 0 bridgehead atoms. The number of hydrazine groups is 1. The van der Waals surface area contributed by atoms with E-state index in [2.05, 4.69) is 10.4 Å². The molecular weight excluding hydrogens is 228 g/mol. The van der Waals surface area contributed by atoms with Gasteiger partial charge in [0, 0.05) is 18.8 Å². The van der Waals surface area contributed by atoms with Crippen molar-refractivity contribution in [2.45, 2.75) is 32.7 Å². The fraction of sp³-hybridized carbons (Fsp3) is 0.538. The van der Waals surface area contributed by atoms with Crippen molar-refractivity contribution in [2.24, 2.45) is 11.8 Å². The number of carbonyl (C=O) groups is 1. The van der Waals surface area contributed by atoms with Crippen molar-refractivity contribution in [3.63, 3.8) is 0 Å². The van der Waals surface area contributed by atoms with Gasteiger partial charge in [0.2, 0.25) is 0 Å². The first-order valence-electron chi connectivity index (χ1n) is 6.35. The van der Waals surface area contributed by atoms with Gasteiger partial charge >= 0.3 is 0 Å². The van der Waals surface area contributed by atoms with E-state index in [1.165, 1.54) is 12.8 Å². The van der Waals surface area contributed by atoms with E-state index in [4.69, 9.17) is 5.84 Å². The summed E-state index contributed by atoms with van der Waals surface area (Å²) < 4.78 is 0. The number of amides is 1. The number of anilines is 1. The van der Waals surface area contributed by atoms with E-state index in [1.807, 2.05) is 18.7 Å². The third-order valence-corrected chi connectivity index (χ3v) is 3.19. The van der Waals surface area contributed by atoms with E-state index in [-0.39, 0.29) is 11.9 Å². The molecule has 0 saturated heterocycles. The average Bonchev–Trinajstić information content (AvgIpc) is 3.19. The quantitative estimate of drug-likeness (QED) is 0.613. The number of hydrogen-bond donors (Lipinski definition) is 2. The molecule has 98 valence electrons. The molecule has 1 aliphatic rings. The molecule has 0 atom stereocenters. The minimum Gasteiger partial charge on any atom is -0.336 e. The number of pyridine rings is 1. The van der Waals surface area contributed by atoms with Crippen LogP contribution in [0.4, 0.5) is 5.82 Å². The van der Waals surface area contributed by atoms with Crippen LogP contribution in [-0.2, 0) is 0 Å². The molecule has 0 spiro atoms. The maximum atomic E-state index is 12.4. The Bertz CT molecular complexity index is 412. The second-order valence-corrected chi connectivity index (χ2v) is 5.07. The van der Waals surface area contributed by atoms with Gasteiger partial charge in [0.05, 0.1) is 5.56 Å². The lowest BCUT2D eigenvalue weighted by atomic mass is 10.2. The molecule has 5 heteroatoms. The van der Waals surface area contributed by atoms with E-state index < -0.39 is 0 Å². The van der Waals surface area contributed by atoms with E-state index in [0.717, 1.165) is 6.54 Å². The van der Waals surface area contributed by atoms with E-state index in [9.17, 15) is 4.79 Å². The van der Waals surface area contributed by atoms with Gasteiger partial charge in [-0.1, -0.05) is 0 Å². The molecule has 1 saturated carbocycles. The van der Waals surface area contributed by atoms with E-state index in [0.29, 0.717) is 17.3 Å². The standard InChI is InChI=1S/C13H20N4O/c1-9(2)17(8-10-3-4-10)13(18)11-5-6-12(16-14)15-7-11/h5-7,9-10H,3-4,8,14H2,1-2H3,(H,15,16). The maximum Gasteiger partial charge on any atom is 0.255 e. The number of nitrogens with two attached hydrogens (primary N) is 1. The van der Waals surface area contributed by atoms with Crippen molar-refractivity contribution in [3.8, 4) is 0 Å². The third kappa shape index (κ3) is 2.98. The molecule has 3 N–H and O–H groups in total. The predicted molar refractivity (Wildman–Crippen MR) is 70.9 cm³/mol. The van der Waals surface area contributed by atoms with Gasteiger partial charge in [-0.3, -0.25) is 4.79 Å². The molecular formula is C13H20N4O. The highest BCUT2D eigenvalue weighted by Crippen LogP contribution is 2.30. The van der Waals surface area contributed by atoms with Gasteiger partial charge in [-0.25, -0.2) is 10.8 Å². The summed E-state index contributed by atoms with van der Waals surface area (Å²) in [6.45, 7) is 4.94. The summed E-state index contributed by atoms with van der Waals surface area (Å²) in [4.78, 5) is 18.4. The van der Waals surface area contributed by atoms with Crippen molar-refractivity contribution >= 4 is 11.7 Å².